The molecule has 8 heteroatoms. The first-order valence-corrected chi connectivity index (χ1v) is 13.2. The highest BCUT2D eigenvalue weighted by atomic mass is 15.2. The van der Waals surface area contributed by atoms with Crippen LogP contribution in [0, 0.1) is 0 Å². The molecule has 2 saturated heterocycles. The van der Waals surface area contributed by atoms with Crippen LogP contribution in [0.4, 0.5) is 0 Å². The Balaban J connectivity index is 1.28. The van der Waals surface area contributed by atoms with Crippen molar-refractivity contribution in [3.8, 4) is 22.6 Å². The molecule has 0 saturated carbocycles. The standard InChI is InChI=1S/C28H34N8/c29-15-26(36-11-5-2-6-12-36)25-18-31-28(32-25)27-23-14-21(7-8-24(23)33-34-27)22-13-20(16-30-17-22)19-35-9-3-1-4-10-35/h7-8,13-18H,1-6,9-12,19,29H2,(H,31,32)(H,33,34)/b26-15+. The topological polar surface area (TPSA) is 103 Å². The fourth-order valence-electron chi connectivity index (χ4n) is 5.54. The molecule has 36 heavy (non-hydrogen) atoms. The molecule has 8 nitrogen and oxygen atoms in total. The number of piperidine rings is 2. The summed E-state index contributed by atoms with van der Waals surface area (Å²) < 4.78 is 0. The lowest BCUT2D eigenvalue weighted by molar-refractivity contribution is 0.220. The van der Waals surface area contributed by atoms with Gasteiger partial charge >= 0.3 is 0 Å². The van der Waals surface area contributed by atoms with Gasteiger partial charge in [0.2, 0.25) is 0 Å². The largest absolute Gasteiger partial charge is 0.403 e. The highest BCUT2D eigenvalue weighted by Gasteiger charge is 2.19. The third-order valence-electron chi connectivity index (χ3n) is 7.47. The molecule has 0 unspecified atom stereocenters. The number of nitrogens with two attached hydrogens (primary N) is 1. The predicted octanol–water partition coefficient (Wildman–Crippen LogP) is 4.74. The van der Waals surface area contributed by atoms with E-state index in [4.69, 9.17) is 10.7 Å². The summed E-state index contributed by atoms with van der Waals surface area (Å²) in [5.74, 6) is 0.738. The van der Waals surface area contributed by atoms with Gasteiger partial charge in [-0.25, -0.2) is 4.98 Å². The predicted molar refractivity (Wildman–Crippen MR) is 144 cm³/mol. The second-order valence-corrected chi connectivity index (χ2v) is 9.99. The maximum Gasteiger partial charge on any atom is 0.159 e. The van der Waals surface area contributed by atoms with E-state index < -0.39 is 0 Å². The summed E-state index contributed by atoms with van der Waals surface area (Å²) >= 11 is 0. The monoisotopic (exact) mass is 482 g/mol. The summed E-state index contributed by atoms with van der Waals surface area (Å²) in [5, 5.41) is 8.80. The van der Waals surface area contributed by atoms with Gasteiger partial charge in [0, 0.05) is 55.4 Å². The van der Waals surface area contributed by atoms with Crippen molar-refractivity contribution in [2.45, 2.75) is 45.1 Å². The summed E-state index contributed by atoms with van der Waals surface area (Å²) in [5.41, 5.74) is 13.2. The molecule has 0 spiro atoms. The number of pyridine rings is 1. The Bertz CT molecular complexity index is 1350. The first-order valence-electron chi connectivity index (χ1n) is 13.2. The van der Waals surface area contributed by atoms with Gasteiger partial charge in [0.15, 0.2) is 5.82 Å². The minimum absolute atomic E-state index is 0.738. The van der Waals surface area contributed by atoms with Gasteiger partial charge in [0.1, 0.15) is 11.4 Å². The Kier molecular flexibility index (Phi) is 6.42. The van der Waals surface area contributed by atoms with Crippen LogP contribution in [-0.4, -0.2) is 61.1 Å². The Labute approximate surface area is 211 Å². The molecule has 1 aromatic carbocycles. The summed E-state index contributed by atoms with van der Waals surface area (Å²) in [4.78, 5) is 17.6. The van der Waals surface area contributed by atoms with Crippen molar-refractivity contribution < 1.29 is 0 Å². The second-order valence-electron chi connectivity index (χ2n) is 9.99. The number of likely N-dealkylation sites (tertiary alicyclic amines) is 2. The summed E-state index contributed by atoms with van der Waals surface area (Å²) in [6.07, 6.45) is 15.1. The number of nitrogens with one attached hydrogen (secondary N) is 2. The Morgan fingerprint density at radius 2 is 1.75 bits per heavy atom. The van der Waals surface area contributed by atoms with Crippen LogP contribution in [0.1, 0.15) is 49.8 Å². The SMILES string of the molecule is N/C=C(\c1c[nH]c(-c2n[nH]c3ccc(-c4cncc(CN5CCCCC5)c4)cc23)n1)N1CCCCC1. The summed E-state index contributed by atoms with van der Waals surface area (Å²) in [7, 11) is 0. The van der Waals surface area contributed by atoms with E-state index in [0.29, 0.717) is 0 Å². The minimum atomic E-state index is 0.738. The van der Waals surface area contributed by atoms with Crippen LogP contribution in [0.5, 0.6) is 0 Å². The van der Waals surface area contributed by atoms with Crippen LogP contribution in [-0.2, 0) is 6.54 Å². The molecule has 0 radical (unpaired) electrons. The molecule has 0 amide bonds. The highest BCUT2D eigenvalue weighted by molar-refractivity contribution is 5.94. The molecule has 2 aliphatic rings. The van der Waals surface area contributed by atoms with Gasteiger partial charge in [0.25, 0.3) is 0 Å². The van der Waals surface area contributed by atoms with Gasteiger partial charge in [-0.2, -0.15) is 5.10 Å². The van der Waals surface area contributed by atoms with Gasteiger partial charge in [-0.3, -0.25) is 15.0 Å². The van der Waals surface area contributed by atoms with Crippen molar-refractivity contribution in [3.05, 3.63) is 60.3 Å². The molecule has 0 bridgehead atoms. The molecule has 4 aromatic rings. The molecule has 5 heterocycles. The third kappa shape index (κ3) is 4.60. The molecule has 186 valence electrons. The second kappa shape index (κ2) is 10.1. The lowest BCUT2D eigenvalue weighted by Gasteiger charge is -2.29. The smallest absolute Gasteiger partial charge is 0.159 e. The number of aromatic nitrogens is 5. The number of aromatic amines is 2. The fraction of sp³-hybridized carbons (Fsp3) is 0.393. The van der Waals surface area contributed by atoms with E-state index in [1.54, 1.807) is 6.20 Å². The van der Waals surface area contributed by atoms with Crippen LogP contribution >= 0.6 is 0 Å². The van der Waals surface area contributed by atoms with Gasteiger partial charge < -0.3 is 15.6 Å². The van der Waals surface area contributed by atoms with E-state index in [2.05, 4.69) is 54.2 Å². The van der Waals surface area contributed by atoms with Crippen LogP contribution in [0.25, 0.3) is 39.2 Å². The number of rotatable bonds is 6. The molecule has 3 aromatic heterocycles. The summed E-state index contributed by atoms with van der Waals surface area (Å²) in [6.45, 7) is 5.36. The lowest BCUT2D eigenvalue weighted by atomic mass is 10.0. The van der Waals surface area contributed by atoms with E-state index >= 15 is 0 Å². The highest BCUT2D eigenvalue weighted by Crippen LogP contribution is 2.31. The van der Waals surface area contributed by atoms with Crippen LogP contribution in [0.2, 0.25) is 0 Å². The molecule has 4 N–H and O–H groups in total. The first kappa shape index (κ1) is 22.8. The number of imidazole rings is 1. The number of benzene rings is 1. The number of hydrogen-bond donors (Lipinski definition) is 3. The molecule has 0 atom stereocenters. The minimum Gasteiger partial charge on any atom is -0.403 e. The lowest BCUT2D eigenvalue weighted by Crippen LogP contribution is -2.29. The van der Waals surface area contributed by atoms with E-state index in [9.17, 15) is 0 Å². The Morgan fingerprint density at radius 1 is 0.944 bits per heavy atom. The molecule has 0 aliphatic carbocycles. The zero-order chi connectivity index (χ0) is 24.3. The third-order valence-corrected chi connectivity index (χ3v) is 7.47. The molecular formula is C28H34N8. The number of fused-ring (bicyclic) bond motifs is 1. The average molecular weight is 483 g/mol. The zero-order valence-electron chi connectivity index (χ0n) is 20.7. The quantitative estimate of drug-likeness (QED) is 0.367. The summed E-state index contributed by atoms with van der Waals surface area (Å²) in [6, 6.07) is 8.67. The number of H-pyrrole nitrogens is 2. The maximum absolute atomic E-state index is 6.02. The fourth-order valence-corrected chi connectivity index (χ4v) is 5.54. The van der Waals surface area contributed by atoms with Crippen molar-refractivity contribution in [1.29, 1.82) is 0 Å². The van der Waals surface area contributed by atoms with E-state index in [1.165, 1.54) is 57.2 Å². The maximum atomic E-state index is 6.02. The van der Waals surface area contributed by atoms with Crippen molar-refractivity contribution in [2.24, 2.45) is 5.73 Å². The first-order chi connectivity index (χ1) is 17.8. The molecule has 2 fully saturated rings. The Morgan fingerprint density at radius 3 is 2.56 bits per heavy atom. The molecular weight excluding hydrogens is 448 g/mol. The van der Waals surface area contributed by atoms with Gasteiger partial charge in [-0.15, -0.1) is 0 Å². The number of nitrogens with zero attached hydrogens (tertiary/aromatic N) is 5. The molecule has 2 aliphatic heterocycles. The van der Waals surface area contributed by atoms with Crippen LogP contribution in [0.15, 0.2) is 49.1 Å². The van der Waals surface area contributed by atoms with E-state index in [1.807, 2.05) is 18.6 Å². The normalized spacial score (nSPS) is 17.7. The zero-order valence-corrected chi connectivity index (χ0v) is 20.7. The van der Waals surface area contributed by atoms with Crippen molar-refractivity contribution in [1.82, 2.24) is 34.9 Å². The number of hydrogen-bond acceptors (Lipinski definition) is 6. The Hall–Kier alpha value is -3.65. The van der Waals surface area contributed by atoms with Gasteiger partial charge in [-0.05, 0) is 74.5 Å². The van der Waals surface area contributed by atoms with E-state index in [0.717, 1.165) is 64.6 Å². The van der Waals surface area contributed by atoms with Crippen molar-refractivity contribution >= 4 is 16.6 Å². The van der Waals surface area contributed by atoms with Gasteiger partial charge in [0.05, 0.1) is 11.2 Å². The molecule has 6 rings (SSSR count). The van der Waals surface area contributed by atoms with Crippen molar-refractivity contribution in [2.75, 3.05) is 26.2 Å². The van der Waals surface area contributed by atoms with E-state index in [-0.39, 0.29) is 0 Å². The van der Waals surface area contributed by atoms with Crippen LogP contribution in [0.3, 0.4) is 0 Å². The van der Waals surface area contributed by atoms with Gasteiger partial charge in [-0.1, -0.05) is 12.5 Å². The average Bonchev–Trinajstić information content (AvgIpc) is 3.57. The van der Waals surface area contributed by atoms with Crippen molar-refractivity contribution in [3.63, 3.8) is 0 Å². The van der Waals surface area contributed by atoms with Crippen LogP contribution < -0.4 is 5.73 Å².